The number of rotatable bonds is 7. The summed E-state index contributed by atoms with van der Waals surface area (Å²) in [5, 5.41) is 0. The maximum absolute atomic E-state index is 11.4. The molecule has 5 nitrogen and oxygen atoms in total. The third-order valence-corrected chi connectivity index (χ3v) is 2.62. The quantitative estimate of drug-likeness (QED) is 0.708. The van der Waals surface area contributed by atoms with E-state index < -0.39 is 5.97 Å². The third-order valence-electron chi connectivity index (χ3n) is 2.62. The molecule has 0 saturated heterocycles. The standard InChI is InChI=1S/C14H18O5/c1-4-11(15)7-8-19-12-6-5-10(14(16)18-3)9-13(12)17-2/h5-6,9H,4,7-8H2,1-3H3. The van der Waals surface area contributed by atoms with Crippen LogP contribution in [-0.4, -0.2) is 32.6 Å². The monoisotopic (exact) mass is 266 g/mol. The highest BCUT2D eigenvalue weighted by Gasteiger charge is 2.11. The Labute approximate surface area is 112 Å². The first-order valence-corrected chi connectivity index (χ1v) is 6.03. The van der Waals surface area contributed by atoms with Gasteiger partial charge in [-0.15, -0.1) is 0 Å². The average molecular weight is 266 g/mol. The van der Waals surface area contributed by atoms with E-state index in [-0.39, 0.29) is 5.78 Å². The van der Waals surface area contributed by atoms with Crippen molar-refractivity contribution in [2.45, 2.75) is 19.8 Å². The maximum Gasteiger partial charge on any atom is 0.337 e. The lowest BCUT2D eigenvalue weighted by molar-refractivity contribution is -0.119. The van der Waals surface area contributed by atoms with E-state index in [4.69, 9.17) is 9.47 Å². The molecule has 104 valence electrons. The van der Waals surface area contributed by atoms with E-state index in [1.165, 1.54) is 14.2 Å². The van der Waals surface area contributed by atoms with E-state index >= 15 is 0 Å². The molecule has 0 aromatic heterocycles. The molecule has 0 unspecified atom stereocenters. The van der Waals surface area contributed by atoms with Crippen LogP contribution in [0.3, 0.4) is 0 Å². The number of carbonyl (C=O) groups excluding carboxylic acids is 2. The van der Waals surface area contributed by atoms with Gasteiger partial charge in [-0.2, -0.15) is 0 Å². The van der Waals surface area contributed by atoms with Crippen molar-refractivity contribution >= 4 is 11.8 Å². The van der Waals surface area contributed by atoms with Gasteiger partial charge in [-0.05, 0) is 18.2 Å². The summed E-state index contributed by atoms with van der Waals surface area (Å²) in [4.78, 5) is 22.5. The molecule has 0 radical (unpaired) electrons. The highest BCUT2D eigenvalue weighted by Crippen LogP contribution is 2.28. The van der Waals surface area contributed by atoms with E-state index in [9.17, 15) is 9.59 Å². The van der Waals surface area contributed by atoms with Crippen molar-refractivity contribution in [2.24, 2.45) is 0 Å². The Kier molecular flexibility index (Phi) is 5.85. The van der Waals surface area contributed by atoms with Gasteiger partial charge in [-0.1, -0.05) is 6.92 Å². The van der Waals surface area contributed by atoms with E-state index in [2.05, 4.69) is 4.74 Å². The van der Waals surface area contributed by atoms with Gasteiger partial charge < -0.3 is 14.2 Å². The van der Waals surface area contributed by atoms with Gasteiger partial charge >= 0.3 is 5.97 Å². The van der Waals surface area contributed by atoms with Crippen LogP contribution < -0.4 is 9.47 Å². The Morgan fingerprint density at radius 1 is 1.16 bits per heavy atom. The zero-order chi connectivity index (χ0) is 14.3. The van der Waals surface area contributed by atoms with Gasteiger partial charge in [0.25, 0.3) is 0 Å². The van der Waals surface area contributed by atoms with E-state index in [1.807, 2.05) is 6.92 Å². The minimum absolute atomic E-state index is 0.144. The van der Waals surface area contributed by atoms with Crippen LogP contribution in [0.15, 0.2) is 18.2 Å². The molecule has 0 aliphatic heterocycles. The molecule has 0 spiro atoms. The second-order valence-corrected chi connectivity index (χ2v) is 3.85. The molecule has 1 aromatic carbocycles. The Hall–Kier alpha value is -2.04. The molecule has 0 saturated carbocycles. The van der Waals surface area contributed by atoms with Gasteiger partial charge in [-0.25, -0.2) is 4.79 Å². The molecule has 0 amide bonds. The fourth-order valence-electron chi connectivity index (χ4n) is 1.48. The van der Waals surface area contributed by atoms with Gasteiger partial charge in [0.2, 0.25) is 0 Å². The first kappa shape index (κ1) is 15.0. The third kappa shape index (κ3) is 4.28. The fourth-order valence-corrected chi connectivity index (χ4v) is 1.48. The molecule has 0 N–H and O–H groups in total. The van der Waals surface area contributed by atoms with Gasteiger partial charge in [0.05, 0.1) is 26.4 Å². The number of methoxy groups -OCH3 is 2. The Morgan fingerprint density at radius 3 is 2.47 bits per heavy atom. The fraction of sp³-hybridized carbons (Fsp3) is 0.429. The lowest BCUT2D eigenvalue weighted by Crippen LogP contribution is -2.07. The van der Waals surface area contributed by atoms with E-state index in [1.54, 1.807) is 18.2 Å². The molecule has 0 aliphatic rings. The minimum atomic E-state index is -0.439. The van der Waals surface area contributed by atoms with Crippen LogP contribution in [0.5, 0.6) is 11.5 Å². The summed E-state index contributed by atoms with van der Waals surface area (Å²) in [6.07, 6.45) is 0.861. The Bertz CT molecular complexity index is 453. The Balaban J connectivity index is 2.73. The van der Waals surface area contributed by atoms with Gasteiger partial charge in [0.1, 0.15) is 5.78 Å². The summed E-state index contributed by atoms with van der Waals surface area (Å²) in [6.45, 7) is 2.11. The first-order chi connectivity index (χ1) is 9.12. The molecule has 0 heterocycles. The van der Waals surface area contributed by atoms with Crippen molar-refractivity contribution < 1.29 is 23.8 Å². The van der Waals surface area contributed by atoms with Crippen molar-refractivity contribution in [1.82, 2.24) is 0 Å². The maximum atomic E-state index is 11.4. The molecule has 0 fully saturated rings. The van der Waals surface area contributed by atoms with Crippen molar-refractivity contribution in [1.29, 1.82) is 0 Å². The number of carbonyl (C=O) groups is 2. The van der Waals surface area contributed by atoms with Crippen molar-refractivity contribution in [3.05, 3.63) is 23.8 Å². The summed E-state index contributed by atoms with van der Waals surface area (Å²) in [7, 11) is 2.80. The van der Waals surface area contributed by atoms with Crippen LogP contribution in [-0.2, 0) is 9.53 Å². The van der Waals surface area contributed by atoms with Crippen LogP contribution in [0.4, 0.5) is 0 Å². The molecule has 0 bridgehead atoms. The lowest BCUT2D eigenvalue weighted by atomic mass is 10.2. The molecule has 0 atom stereocenters. The molecule has 19 heavy (non-hydrogen) atoms. The SMILES string of the molecule is CCC(=O)CCOc1ccc(C(=O)OC)cc1OC. The van der Waals surface area contributed by atoms with Crippen LogP contribution >= 0.6 is 0 Å². The summed E-state index contributed by atoms with van der Waals surface area (Å²) in [5.74, 6) is 0.641. The highest BCUT2D eigenvalue weighted by atomic mass is 16.5. The zero-order valence-corrected chi connectivity index (χ0v) is 11.4. The summed E-state index contributed by atoms with van der Waals surface area (Å²) < 4.78 is 15.2. The van der Waals surface area contributed by atoms with Crippen LogP contribution in [0.2, 0.25) is 0 Å². The number of hydrogen-bond acceptors (Lipinski definition) is 5. The second-order valence-electron chi connectivity index (χ2n) is 3.85. The zero-order valence-electron chi connectivity index (χ0n) is 11.4. The van der Waals surface area contributed by atoms with Crippen LogP contribution in [0.25, 0.3) is 0 Å². The molecule has 0 aliphatic carbocycles. The highest BCUT2D eigenvalue weighted by molar-refractivity contribution is 5.90. The molecular formula is C14H18O5. The average Bonchev–Trinajstić information content (AvgIpc) is 2.46. The number of hydrogen-bond donors (Lipinski definition) is 0. The summed E-state index contributed by atoms with van der Waals surface area (Å²) in [5.41, 5.74) is 0.385. The molecular weight excluding hydrogens is 248 g/mol. The summed E-state index contributed by atoms with van der Waals surface area (Å²) in [6, 6.07) is 4.76. The molecule has 1 rings (SSSR count). The smallest absolute Gasteiger partial charge is 0.337 e. The van der Waals surface area contributed by atoms with Crippen molar-refractivity contribution in [3.63, 3.8) is 0 Å². The largest absolute Gasteiger partial charge is 0.493 e. The summed E-state index contributed by atoms with van der Waals surface area (Å²) >= 11 is 0. The first-order valence-electron chi connectivity index (χ1n) is 6.03. The van der Waals surface area contributed by atoms with Crippen LogP contribution in [0, 0.1) is 0 Å². The number of esters is 1. The van der Waals surface area contributed by atoms with E-state index in [0.717, 1.165) is 0 Å². The Morgan fingerprint density at radius 2 is 1.89 bits per heavy atom. The lowest BCUT2D eigenvalue weighted by Gasteiger charge is -2.11. The van der Waals surface area contributed by atoms with Gasteiger partial charge in [0.15, 0.2) is 11.5 Å². The predicted molar refractivity (Wildman–Crippen MR) is 69.7 cm³/mol. The normalized spacial score (nSPS) is 9.84. The molecule has 1 aromatic rings. The second kappa shape index (κ2) is 7.41. The van der Waals surface area contributed by atoms with E-state index in [0.29, 0.717) is 36.5 Å². The minimum Gasteiger partial charge on any atom is -0.493 e. The van der Waals surface area contributed by atoms with Crippen molar-refractivity contribution in [3.8, 4) is 11.5 Å². The van der Waals surface area contributed by atoms with Gasteiger partial charge in [-0.3, -0.25) is 4.79 Å². The molecule has 5 heteroatoms. The van der Waals surface area contributed by atoms with Crippen molar-refractivity contribution in [2.75, 3.05) is 20.8 Å². The predicted octanol–water partition coefficient (Wildman–Crippen LogP) is 2.23. The van der Waals surface area contributed by atoms with Crippen LogP contribution in [0.1, 0.15) is 30.1 Å². The number of benzene rings is 1. The number of Topliss-reactive ketones (excluding diaryl/α,β-unsaturated/α-hetero) is 1. The van der Waals surface area contributed by atoms with Gasteiger partial charge in [0, 0.05) is 12.8 Å². The number of ketones is 1. The topological polar surface area (TPSA) is 61.8 Å². The number of ether oxygens (including phenoxy) is 3.